The zero-order valence-corrected chi connectivity index (χ0v) is 9.62. The molecule has 1 heterocycles. The Morgan fingerprint density at radius 2 is 2.12 bits per heavy atom. The highest BCUT2D eigenvalue weighted by molar-refractivity contribution is 5.51. The first-order valence-corrected chi connectivity index (χ1v) is 5.02. The molecule has 6 heteroatoms. The van der Waals surface area contributed by atoms with E-state index >= 15 is 0 Å². The lowest BCUT2D eigenvalue weighted by atomic mass is 10.2. The number of benzene rings is 1. The lowest BCUT2D eigenvalue weighted by Crippen LogP contribution is -2.02. The Morgan fingerprint density at radius 1 is 1.29 bits per heavy atom. The first kappa shape index (κ1) is 11.4. The number of rotatable bonds is 4. The average Bonchev–Trinajstić information content (AvgIpc) is 2.85. The molecule has 0 saturated carbocycles. The van der Waals surface area contributed by atoms with Crippen LogP contribution >= 0.6 is 0 Å². The maximum atomic E-state index is 9.14. The molecule has 1 N–H and O–H groups in total. The fourth-order valence-electron chi connectivity index (χ4n) is 1.55. The molecule has 2 aromatic rings. The van der Waals surface area contributed by atoms with Crippen molar-refractivity contribution in [2.75, 3.05) is 14.2 Å². The predicted molar refractivity (Wildman–Crippen MR) is 60.4 cm³/mol. The molecule has 0 unspecified atom stereocenters. The second kappa shape index (κ2) is 4.84. The molecular weight excluding hydrogens is 222 g/mol. The molecule has 0 amide bonds. The maximum absolute atomic E-state index is 9.14. The van der Waals surface area contributed by atoms with E-state index in [2.05, 4.69) is 10.2 Å². The van der Waals surface area contributed by atoms with Crippen molar-refractivity contribution in [1.29, 1.82) is 0 Å². The van der Waals surface area contributed by atoms with Crippen molar-refractivity contribution >= 4 is 0 Å². The van der Waals surface area contributed by atoms with Gasteiger partial charge < -0.3 is 14.6 Å². The smallest absolute Gasteiger partial charge is 0.163 e. The number of aliphatic hydroxyl groups is 1. The molecule has 0 aliphatic rings. The fourth-order valence-corrected chi connectivity index (χ4v) is 1.55. The summed E-state index contributed by atoms with van der Waals surface area (Å²) in [5.74, 6) is 1.77. The Hall–Kier alpha value is -2.08. The van der Waals surface area contributed by atoms with E-state index < -0.39 is 0 Å². The van der Waals surface area contributed by atoms with Crippen molar-refractivity contribution in [2.45, 2.75) is 6.61 Å². The molecule has 0 fully saturated rings. The quantitative estimate of drug-likeness (QED) is 0.848. The van der Waals surface area contributed by atoms with Gasteiger partial charge in [0.2, 0.25) is 0 Å². The van der Waals surface area contributed by atoms with Gasteiger partial charge in [0.1, 0.15) is 24.4 Å². The summed E-state index contributed by atoms with van der Waals surface area (Å²) in [5, 5.41) is 16.7. The van der Waals surface area contributed by atoms with Gasteiger partial charge in [0.25, 0.3) is 0 Å². The average molecular weight is 235 g/mol. The largest absolute Gasteiger partial charge is 0.497 e. The molecule has 0 atom stereocenters. The topological polar surface area (TPSA) is 69.4 Å². The second-order valence-corrected chi connectivity index (χ2v) is 3.31. The van der Waals surface area contributed by atoms with Crippen LogP contribution < -0.4 is 9.47 Å². The minimum atomic E-state index is -0.185. The molecule has 0 saturated heterocycles. The van der Waals surface area contributed by atoms with Crippen molar-refractivity contribution in [3.05, 3.63) is 30.4 Å². The van der Waals surface area contributed by atoms with Crippen molar-refractivity contribution in [2.24, 2.45) is 0 Å². The van der Waals surface area contributed by atoms with Crippen LogP contribution in [0, 0.1) is 0 Å². The first-order chi connectivity index (χ1) is 8.30. The zero-order valence-electron chi connectivity index (χ0n) is 9.62. The standard InChI is InChI=1S/C11H13N3O3/c1-16-8-3-4-9(10(5-8)17-2)14-7-12-13-11(14)6-15/h3-5,7,15H,6H2,1-2H3. The van der Waals surface area contributed by atoms with Crippen LogP contribution in [-0.2, 0) is 6.61 Å². The van der Waals surface area contributed by atoms with Crippen LogP contribution in [0.3, 0.4) is 0 Å². The monoisotopic (exact) mass is 235 g/mol. The van der Waals surface area contributed by atoms with Gasteiger partial charge in [-0.1, -0.05) is 0 Å². The summed E-state index contributed by atoms with van der Waals surface area (Å²) in [6.45, 7) is -0.185. The molecule has 17 heavy (non-hydrogen) atoms. The number of nitrogens with zero attached hydrogens (tertiary/aromatic N) is 3. The van der Waals surface area contributed by atoms with Crippen LogP contribution in [-0.4, -0.2) is 34.1 Å². The molecule has 1 aromatic carbocycles. The van der Waals surface area contributed by atoms with Crippen molar-refractivity contribution < 1.29 is 14.6 Å². The highest BCUT2D eigenvalue weighted by atomic mass is 16.5. The van der Waals surface area contributed by atoms with Crippen LogP contribution in [0.15, 0.2) is 24.5 Å². The van der Waals surface area contributed by atoms with Gasteiger partial charge in [0.15, 0.2) is 5.82 Å². The number of hydrogen-bond acceptors (Lipinski definition) is 5. The minimum Gasteiger partial charge on any atom is -0.497 e. The van der Waals surface area contributed by atoms with E-state index in [1.54, 1.807) is 30.9 Å². The molecule has 2 rings (SSSR count). The van der Waals surface area contributed by atoms with Crippen LogP contribution in [0.2, 0.25) is 0 Å². The van der Waals surface area contributed by atoms with Gasteiger partial charge in [0.05, 0.1) is 19.9 Å². The molecule has 0 aliphatic heterocycles. The van der Waals surface area contributed by atoms with Gasteiger partial charge in [-0.15, -0.1) is 10.2 Å². The maximum Gasteiger partial charge on any atom is 0.163 e. The lowest BCUT2D eigenvalue weighted by molar-refractivity contribution is 0.268. The Bertz CT molecular complexity index is 510. The van der Waals surface area contributed by atoms with Gasteiger partial charge in [-0.25, -0.2) is 0 Å². The van der Waals surface area contributed by atoms with Gasteiger partial charge in [-0.05, 0) is 12.1 Å². The van der Waals surface area contributed by atoms with E-state index in [1.807, 2.05) is 6.07 Å². The van der Waals surface area contributed by atoms with E-state index in [0.29, 0.717) is 17.3 Å². The van der Waals surface area contributed by atoms with E-state index in [9.17, 15) is 0 Å². The van der Waals surface area contributed by atoms with Crippen molar-refractivity contribution in [3.63, 3.8) is 0 Å². The van der Waals surface area contributed by atoms with E-state index in [0.717, 1.165) is 5.69 Å². The Balaban J connectivity index is 2.51. The van der Waals surface area contributed by atoms with Crippen molar-refractivity contribution in [1.82, 2.24) is 14.8 Å². The normalized spacial score (nSPS) is 10.3. The summed E-state index contributed by atoms with van der Waals surface area (Å²) < 4.78 is 12.1. The third-order valence-corrected chi connectivity index (χ3v) is 2.41. The third kappa shape index (κ3) is 2.07. The van der Waals surface area contributed by atoms with Crippen molar-refractivity contribution in [3.8, 4) is 17.2 Å². The molecule has 1 aromatic heterocycles. The number of ether oxygens (including phenoxy) is 2. The number of hydrogen-bond donors (Lipinski definition) is 1. The predicted octanol–water partition coefficient (Wildman–Crippen LogP) is 0.777. The van der Waals surface area contributed by atoms with Crippen LogP contribution in [0.5, 0.6) is 11.5 Å². The van der Waals surface area contributed by atoms with Gasteiger partial charge in [-0.2, -0.15) is 0 Å². The fraction of sp³-hybridized carbons (Fsp3) is 0.273. The lowest BCUT2D eigenvalue weighted by Gasteiger charge is -2.11. The molecule has 0 radical (unpaired) electrons. The van der Waals surface area contributed by atoms with Gasteiger partial charge in [-0.3, -0.25) is 4.57 Å². The Labute approximate surface area is 98.4 Å². The molecule has 6 nitrogen and oxygen atoms in total. The minimum absolute atomic E-state index is 0.185. The molecule has 0 aliphatic carbocycles. The third-order valence-electron chi connectivity index (χ3n) is 2.41. The summed E-state index contributed by atoms with van der Waals surface area (Å²) in [7, 11) is 3.16. The molecule has 0 bridgehead atoms. The number of methoxy groups -OCH3 is 2. The highest BCUT2D eigenvalue weighted by Crippen LogP contribution is 2.28. The number of aromatic nitrogens is 3. The summed E-state index contributed by atoms with van der Waals surface area (Å²) in [5.41, 5.74) is 0.752. The summed E-state index contributed by atoms with van der Waals surface area (Å²) >= 11 is 0. The highest BCUT2D eigenvalue weighted by Gasteiger charge is 2.11. The summed E-state index contributed by atoms with van der Waals surface area (Å²) in [6.07, 6.45) is 1.52. The van der Waals surface area contributed by atoms with E-state index in [4.69, 9.17) is 14.6 Å². The molecule has 0 spiro atoms. The van der Waals surface area contributed by atoms with Crippen LogP contribution in [0.25, 0.3) is 5.69 Å². The summed E-state index contributed by atoms with van der Waals surface area (Å²) in [4.78, 5) is 0. The Morgan fingerprint density at radius 3 is 2.76 bits per heavy atom. The van der Waals surface area contributed by atoms with E-state index in [-0.39, 0.29) is 6.61 Å². The Kier molecular flexibility index (Phi) is 3.24. The number of aliphatic hydroxyl groups excluding tert-OH is 1. The van der Waals surface area contributed by atoms with Crippen LogP contribution in [0.4, 0.5) is 0 Å². The van der Waals surface area contributed by atoms with Gasteiger partial charge >= 0.3 is 0 Å². The molecule has 90 valence electrons. The SMILES string of the molecule is COc1ccc(-n2cnnc2CO)c(OC)c1. The van der Waals surface area contributed by atoms with Gasteiger partial charge in [0, 0.05) is 6.07 Å². The van der Waals surface area contributed by atoms with Crippen LogP contribution in [0.1, 0.15) is 5.82 Å². The zero-order chi connectivity index (χ0) is 12.3. The van der Waals surface area contributed by atoms with E-state index in [1.165, 1.54) is 6.33 Å². The second-order valence-electron chi connectivity index (χ2n) is 3.31. The molecular formula is C11H13N3O3. The first-order valence-electron chi connectivity index (χ1n) is 5.02. The summed E-state index contributed by atoms with van der Waals surface area (Å²) in [6, 6.07) is 5.38.